The van der Waals surface area contributed by atoms with Crippen LogP contribution in [0.2, 0.25) is 0 Å². The van der Waals surface area contributed by atoms with E-state index in [1.165, 1.54) is 12.5 Å². The molecule has 0 spiro atoms. The van der Waals surface area contributed by atoms with E-state index < -0.39 is 23.8 Å². The number of rotatable bonds is 6. The maximum absolute atomic E-state index is 12.1. The summed E-state index contributed by atoms with van der Waals surface area (Å²) in [6.07, 6.45) is 2.16. The smallest absolute Gasteiger partial charge is 0.325 e. The Morgan fingerprint density at radius 2 is 2.00 bits per heavy atom. The first-order valence-corrected chi connectivity index (χ1v) is 7.84. The van der Waals surface area contributed by atoms with E-state index in [0.29, 0.717) is 0 Å². The number of aliphatic carboxylic acids is 1. The van der Waals surface area contributed by atoms with Crippen molar-refractivity contribution >= 4 is 23.5 Å². The van der Waals surface area contributed by atoms with Crippen molar-refractivity contribution in [2.45, 2.75) is 39.2 Å². The van der Waals surface area contributed by atoms with Crippen molar-refractivity contribution in [3.63, 3.8) is 0 Å². The molecule has 1 aromatic rings. The van der Waals surface area contributed by atoms with E-state index in [0.717, 1.165) is 18.5 Å². The number of hydrogen-bond acceptors (Lipinski definition) is 3. The van der Waals surface area contributed by atoms with Gasteiger partial charge in [-0.2, -0.15) is 0 Å². The second-order valence-corrected chi connectivity index (χ2v) is 5.89. The Kier molecular flexibility index (Phi) is 5.36. The SMILES string of the molecule is CCCc1ccc(N2CC(C(=O)NC(C)C(=O)O)CC2=O)cc1. The highest BCUT2D eigenvalue weighted by atomic mass is 16.4. The van der Waals surface area contributed by atoms with Crippen LogP contribution in [0.25, 0.3) is 0 Å². The van der Waals surface area contributed by atoms with E-state index in [4.69, 9.17) is 5.11 Å². The topological polar surface area (TPSA) is 86.7 Å². The number of hydrogen-bond donors (Lipinski definition) is 2. The Hall–Kier alpha value is -2.37. The molecule has 0 saturated carbocycles. The molecule has 2 unspecified atom stereocenters. The van der Waals surface area contributed by atoms with Crippen molar-refractivity contribution in [3.05, 3.63) is 29.8 Å². The van der Waals surface area contributed by atoms with Gasteiger partial charge in [0.15, 0.2) is 0 Å². The highest BCUT2D eigenvalue weighted by Crippen LogP contribution is 2.25. The molecule has 2 N–H and O–H groups in total. The molecule has 0 bridgehead atoms. The minimum absolute atomic E-state index is 0.106. The average molecular weight is 318 g/mol. The lowest BCUT2D eigenvalue weighted by atomic mass is 10.1. The van der Waals surface area contributed by atoms with E-state index in [1.807, 2.05) is 24.3 Å². The number of carboxylic acids is 1. The molecule has 23 heavy (non-hydrogen) atoms. The minimum atomic E-state index is -1.09. The fraction of sp³-hybridized carbons (Fsp3) is 0.471. The molecular formula is C17H22N2O4. The zero-order chi connectivity index (χ0) is 17.0. The van der Waals surface area contributed by atoms with Crippen LogP contribution >= 0.6 is 0 Å². The summed E-state index contributed by atoms with van der Waals surface area (Å²) in [5.41, 5.74) is 1.99. The van der Waals surface area contributed by atoms with Crippen molar-refractivity contribution < 1.29 is 19.5 Å². The molecule has 1 aliphatic rings. The van der Waals surface area contributed by atoms with Crippen molar-refractivity contribution in [3.8, 4) is 0 Å². The third-order valence-corrected chi connectivity index (χ3v) is 4.01. The number of aryl methyl sites for hydroxylation is 1. The molecule has 2 amide bonds. The van der Waals surface area contributed by atoms with Crippen LogP contribution in [-0.2, 0) is 20.8 Å². The molecule has 124 valence electrons. The van der Waals surface area contributed by atoms with Gasteiger partial charge in [0.1, 0.15) is 6.04 Å². The summed E-state index contributed by atoms with van der Waals surface area (Å²) >= 11 is 0. The van der Waals surface area contributed by atoms with E-state index in [1.54, 1.807) is 4.90 Å². The number of carboxylic acid groups (broad SMARTS) is 1. The van der Waals surface area contributed by atoms with Gasteiger partial charge in [-0.05, 0) is 31.0 Å². The van der Waals surface area contributed by atoms with Crippen LogP contribution in [0.15, 0.2) is 24.3 Å². The van der Waals surface area contributed by atoms with Crippen molar-refractivity contribution in [2.75, 3.05) is 11.4 Å². The van der Waals surface area contributed by atoms with Crippen LogP contribution in [0.5, 0.6) is 0 Å². The van der Waals surface area contributed by atoms with E-state index in [9.17, 15) is 14.4 Å². The predicted octanol–water partition coefficient (Wildman–Crippen LogP) is 1.58. The zero-order valence-electron chi connectivity index (χ0n) is 13.4. The minimum Gasteiger partial charge on any atom is -0.480 e. The van der Waals surface area contributed by atoms with E-state index in [2.05, 4.69) is 12.2 Å². The summed E-state index contributed by atoms with van der Waals surface area (Å²) in [5.74, 6) is -2.11. The maximum Gasteiger partial charge on any atom is 0.325 e. The van der Waals surface area contributed by atoms with Gasteiger partial charge >= 0.3 is 5.97 Å². The van der Waals surface area contributed by atoms with Crippen LogP contribution < -0.4 is 10.2 Å². The fourth-order valence-electron chi connectivity index (χ4n) is 2.66. The van der Waals surface area contributed by atoms with Crippen molar-refractivity contribution in [1.82, 2.24) is 5.32 Å². The summed E-state index contributed by atoms with van der Waals surface area (Å²) < 4.78 is 0. The van der Waals surface area contributed by atoms with Gasteiger partial charge in [-0.25, -0.2) is 0 Å². The second-order valence-electron chi connectivity index (χ2n) is 5.89. The zero-order valence-corrected chi connectivity index (χ0v) is 13.4. The third kappa shape index (κ3) is 4.09. The summed E-state index contributed by atoms with van der Waals surface area (Å²) in [6, 6.07) is 6.81. The van der Waals surface area contributed by atoms with Crippen LogP contribution in [0.3, 0.4) is 0 Å². The van der Waals surface area contributed by atoms with Gasteiger partial charge in [-0.15, -0.1) is 0 Å². The lowest BCUT2D eigenvalue weighted by Gasteiger charge is -2.17. The number of anilines is 1. The molecule has 0 aliphatic carbocycles. The molecule has 0 aromatic heterocycles. The molecule has 1 saturated heterocycles. The van der Waals surface area contributed by atoms with Gasteiger partial charge in [0.25, 0.3) is 0 Å². The molecule has 6 heteroatoms. The first-order valence-electron chi connectivity index (χ1n) is 7.84. The molecule has 1 aliphatic heterocycles. The van der Waals surface area contributed by atoms with Crippen LogP contribution in [0.4, 0.5) is 5.69 Å². The first kappa shape index (κ1) is 17.0. The number of amides is 2. The van der Waals surface area contributed by atoms with Crippen LogP contribution in [-0.4, -0.2) is 35.5 Å². The van der Waals surface area contributed by atoms with E-state index >= 15 is 0 Å². The number of benzene rings is 1. The highest BCUT2D eigenvalue weighted by molar-refractivity contribution is 6.00. The molecule has 1 heterocycles. The number of carbonyl (C=O) groups is 3. The first-order chi connectivity index (χ1) is 10.9. The lowest BCUT2D eigenvalue weighted by molar-refractivity contribution is -0.141. The molecule has 2 atom stereocenters. The lowest BCUT2D eigenvalue weighted by Crippen LogP contribution is -2.42. The Labute approximate surface area is 135 Å². The van der Waals surface area contributed by atoms with Crippen molar-refractivity contribution in [1.29, 1.82) is 0 Å². The molecular weight excluding hydrogens is 296 g/mol. The van der Waals surface area contributed by atoms with Gasteiger partial charge in [0.05, 0.1) is 5.92 Å². The van der Waals surface area contributed by atoms with Gasteiger partial charge < -0.3 is 15.3 Å². The summed E-state index contributed by atoms with van der Waals surface area (Å²) in [7, 11) is 0. The van der Waals surface area contributed by atoms with Gasteiger partial charge in [-0.1, -0.05) is 25.5 Å². The van der Waals surface area contributed by atoms with Crippen LogP contribution in [0, 0.1) is 5.92 Å². The Morgan fingerprint density at radius 1 is 1.35 bits per heavy atom. The normalized spacial score (nSPS) is 18.8. The molecule has 0 radical (unpaired) electrons. The maximum atomic E-state index is 12.1. The Morgan fingerprint density at radius 3 is 2.57 bits per heavy atom. The quantitative estimate of drug-likeness (QED) is 0.834. The summed E-state index contributed by atoms with van der Waals surface area (Å²) in [5, 5.41) is 11.3. The van der Waals surface area contributed by atoms with Gasteiger partial charge in [-0.3, -0.25) is 14.4 Å². The monoisotopic (exact) mass is 318 g/mol. The van der Waals surface area contributed by atoms with Gasteiger partial charge in [0, 0.05) is 18.7 Å². The van der Waals surface area contributed by atoms with Crippen LogP contribution in [0.1, 0.15) is 32.3 Å². The fourth-order valence-corrected chi connectivity index (χ4v) is 2.66. The number of nitrogens with zero attached hydrogens (tertiary/aromatic N) is 1. The second kappa shape index (κ2) is 7.26. The van der Waals surface area contributed by atoms with E-state index in [-0.39, 0.29) is 18.9 Å². The standard InChI is InChI=1S/C17H22N2O4/c1-3-4-12-5-7-14(8-6-12)19-10-13(9-15(19)20)16(21)18-11(2)17(22)23/h5-8,11,13H,3-4,9-10H2,1-2H3,(H,18,21)(H,22,23). The number of carbonyl (C=O) groups excluding carboxylic acids is 2. The number of nitrogens with one attached hydrogen (secondary N) is 1. The molecule has 6 nitrogen and oxygen atoms in total. The average Bonchev–Trinajstić information content (AvgIpc) is 2.90. The predicted molar refractivity (Wildman–Crippen MR) is 86.1 cm³/mol. The highest BCUT2D eigenvalue weighted by Gasteiger charge is 2.35. The molecule has 1 fully saturated rings. The Balaban J connectivity index is 2.01. The third-order valence-electron chi connectivity index (χ3n) is 4.01. The largest absolute Gasteiger partial charge is 0.480 e. The van der Waals surface area contributed by atoms with Gasteiger partial charge in [0.2, 0.25) is 11.8 Å². The summed E-state index contributed by atoms with van der Waals surface area (Å²) in [4.78, 5) is 36.6. The van der Waals surface area contributed by atoms with Crippen molar-refractivity contribution in [2.24, 2.45) is 5.92 Å². The Bertz CT molecular complexity index is 597. The molecule has 2 rings (SSSR count). The summed E-state index contributed by atoms with van der Waals surface area (Å²) in [6.45, 7) is 3.80. The molecule has 1 aromatic carbocycles.